The third-order valence-corrected chi connectivity index (χ3v) is 8.55. The zero-order valence-corrected chi connectivity index (χ0v) is 25.7. The van der Waals surface area contributed by atoms with Gasteiger partial charge in [-0.15, -0.1) is 0 Å². The van der Waals surface area contributed by atoms with Gasteiger partial charge in [0, 0.05) is 16.7 Å². The van der Waals surface area contributed by atoms with Gasteiger partial charge < -0.3 is 0 Å². The van der Waals surface area contributed by atoms with E-state index in [-0.39, 0.29) is 17.2 Å². The molecule has 0 heterocycles. The van der Waals surface area contributed by atoms with Crippen LogP contribution in [-0.4, -0.2) is 0 Å². The Bertz CT molecular complexity index is 2130. The van der Waals surface area contributed by atoms with E-state index in [1.807, 2.05) is 109 Å². The zero-order valence-electron chi connectivity index (χ0n) is 25.7. The molecule has 2 nitrogen and oxygen atoms in total. The van der Waals surface area contributed by atoms with E-state index in [1.165, 1.54) is 24.3 Å². The van der Waals surface area contributed by atoms with Crippen molar-refractivity contribution in [2.45, 2.75) is 0 Å². The Kier molecular flexibility index (Phi) is 8.15. The third-order valence-electron chi connectivity index (χ3n) is 8.55. The molecule has 6 aromatic rings. The summed E-state index contributed by atoms with van der Waals surface area (Å²) in [6.07, 6.45) is 0. The molecule has 0 spiro atoms. The van der Waals surface area contributed by atoms with E-state index >= 15 is 0 Å². The Balaban J connectivity index is 1.50. The summed E-state index contributed by atoms with van der Waals surface area (Å²) in [5.74, 6) is -0.598. The summed E-state index contributed by atoms with van der Waals surface area (Å²) in [4.78, 5) is 0. The van der Waals surface area contributed by atoms with Gasteiger partial charge in [-0.25, -0.2) is 8.78 Å². The van der Waals surface area contributed by atoms with Gasteiger partial charge in [0.25, 0.3) is 0 Å². The highest BCUT2D eigenvalue weighted by Crippen LogP contribution is 2.55. The molecule has 0 amide bonds. The van der Waals surface area contributed by atoms with Gasteiger partial charge in [-0.3, -0.25) is 0 Å². The number of halogens is 2. The minimum Gasteiger partial charge on any atom is -0.207 e. The lowest BCUT2D eigenvalue weighted by molar-refractivity contribution is 0.627. The molecule has 0 fully saturated rings. The van der Waals surface area contributed by atoms with E-state index in [0.29, 0.717) is 5.57 Å². The minimum absolute atomic E-state index is 0.00424. The number of hydrogen-bond acceptors (Lipinski definition) is 2. The molecule has 1 aliphatic rings. The molecule has 0 atom stereocenters. The molecular formula is C44H26F2N2. The van der Waals surface area contributed by atoms with Gasteiger partial charge in [0.15, 0.2) is 0 Å². The van der Waals surface area contributed by atoms with E-state index in [4.69, 9.17) is 0 Å². The van der Waals surface area contributed by atoms with Crippen molar-refractivity contribution in [2.75, 3.05) is 0 Å². The van der Waals surface area contributed by atoms with Crippen LogP contribution >= 0.6 is 0 Å². The van der Waals surface area contributed by atoms with Gasteiger partial charge in [-0.05, 0) is 79.9 Å². The van der Waals surface area contributed by atoms with Crippen molar-refractivity contribution in [3.05, 3.63) is 203 Å². The molecule has 0 saturated carbocycles. The normalized spacial score (nSPS) is 12.5. The van der Waals surface area contributed by atoms with Crippen molar-refractivity contribution in [3.63, 3.8) is 0 Å². The highest BCUT2D eigenvalue weighted by molar-refractivity contribution is 6.35. The molecule has 0 N–H and O–H groups in total. The number of nitriles is 2. The molecule has 226 valence electrons. The average molecular weight is 621 g/mol. The van der Waals surface area contributed by atoms with Crippen molar-refractivity contribution >= 4 is 22.3 Å². The Morgan fingerprint density at radius 2 is 0.604 bits per heavy atom. The van der Waals surface area contributed by atoms with Crippen LogP contribution in [-0.2, 0) is 0 Å². The predicted molar refractivity (Wildman–Crippen MR) is 188 cm³/mol. The van der Waals surface area contributed by atoms with Crippen molar-refractivity contribution in [1.29, 1.82) is 10.5 Å². The molecule has 6 aromatic carbocycles. The quantitative estimate of drug-likeness (QED) is 0.174. The minimum atomic E-state index is -0.299. The molecule has 1 aliphatic carbocycles. The first-order chi connectivity index (χ1) is 23.6. The van der Waals surface area contributed by atoms with Gasteiger partial charge in [0.2, 0.25) is 0 Å². The molecule has 0 saturated heterocycles. The molecule has 0 radical (unpaired) electrons. The summed E-state index contributed by atoms with van der Waals surface area (Å²) in [5, 5.41) is 20.8. The second-order valence-corrected chi connectivity index (χ2v) is 11.4. The summed E-state index contributed by atoms with van der Waals surface area (Å²) in [5.41, 5.74) is 11.1. The van der Waals surface area contributed by atoms with Crippen LogP contribution < -0.4 is 0 Å². The van der Waals surface area contributed by atoms with Crippen LogP contribution in [0.1, 0.15) is 22.3 Å². The zero-order chi connectivity index (χ0) is 33.0. The van der Waals surface area contributed by atoms with Crippen LogP contribution in [0.5, 0.6) is 0 Å². The van der Waals surface area contributed by atoms with Gasteiger partial charge in [0.05, 0.1) is 0 Å². The smallest absolute Gasteiger partial charge is 0.138 e. The lowest BCUT2D eigenvalue weighted by atomic mass is 9.87. The Morgan fingerprint density at radius 1 is 0.333 bits per heavy atom. The van der Waals surface area contributed by atoms with E-state index in [2.05, 4.69) is 12.1 Å². The van der Waals surface area contributed by atoms with Crippen LogP contribution in [0.15, 0.2) is 169 Å². The number of nitrogens with zero attached hydrogens (tertiary/aromatic N) is 2. The van der Waals surface area contributed by atoms with Crippen LogP contribution in [0.4, 0.5) is 8.78 Å². The maximum absolute atomic E-state index is 13.7. The molecule has 0 aromatic heterocycles. The predicted octanol–water partition coefficient (Wildman–Crippen LogP) is 11.2. The van der Waals surface area contributed by atoms with Crippen LogP contribution in [0.3, 0.4) is 0 Å². The Hall–Kier alpha value is -6.62. The summed E-state index contributed by atoms with van der Waals surface area (Å²) in [7, 11) is 0. The number of allylic oxidation sites excluding steroid dienone is 6. The number of benzene rings is 6. The second kappa shape index (κ2) is 13.0. The first-order valence-electron chi connectivity index (χ1n) is 15.4. The summed E-state index contributed by atoms with van der Waals surface area (Å²) < 4.78 is 27.3. The lowest BCUT2D eigenvalue weighted by Crippen LogP contribution is -1.96. The second-order valence-electron chi connectivity index (χ2n) is 11.4. The monoisotopic (exact) mass is 620 g/mol. The van der Waals surface area contributed by atoms with Crippen LogP contribution in [0.2, 0.25) is 0 Å². The standard InChI is InChI=1S/C44H26F2N2/c45-38-23-19-31(20-24-38)29-11-15-35(16-12-29)42-40(33-7-3-1-4-8-33)41(34-9-5-2-6-10-34)43(44(42)37(27-47)28-48)36-17-13-30(14-18-36)32-21-25-39(46)26-22-32/h1-26H. The molecule has 0 unspecified atom stereocenters. The van der Waals surface area contributed by atoms with Gasteiger partial charge in [-0.2, -0.15) is 10.5 Å². The van der Waals surface area contributed by atoms with Crippen LogP contribution in [0.25, 0.3) is 44.5 Å². The fraction of sp³-hybridized carbons (Fsp3) is 0. The third kappa shape index (κ3) is 5.64. The summed E-state index contributed by atoms with van der Waals surface area (Å²) in [6, 6.07) is 53.0. The summed E-state index contributed by atoms with van der Waals surface area (Å²) >= 11 is 0. The van der Waals surface area contributed by atoms with E-state index < -0.39 is 0 Å². The maximum atomic E-state index is 13.7. The largest absolute Gasteiger partial charge is 0.207 e. The summed E-state index contributed by atoms with van der Waals surface area (Å²) in [6.45, 7) is 0. The average Bonchev–Trinajstić information content (AvgIpc) is 3.49. The number of hydrogen-bond donors (Lipinski definition) is 0. The SMILES string of the molecule is N#CC(C#N)=C1C(c2ccc(-c3ccc(F)cc3)cc2)=C(c2ccccc2)C(c2ccccc2)=C1c1ccc(-c2ccc(F)cc2)cc1. The molecule has 0 bridgehead atoms. The molecule has 48 heavy (non-hydrogen) atoms. The van der Waals surface area contributed by atoms with Crippen molar-refractivity contribution < 1.29 is 8.78 Å². The Morgan fingerprint density at radius 3 is 0.917 bits per heavy atom. The first-order valence-corrected chi connectivity index (χ1v) is 15.4. The van der Waals surface area contributed by atoms with E-state index in [0.717, 1.165) is 66.8 Å². The van der Waals surface area contributed by atoms with Crippen molar-refractivity contribution in [3.8, 4) is 34.4 Å². The first kappa shape index (κ1) is 30.1. The van der Waals surface area contributed by atoms with Crippen molar-refractivity contribution in [1.82, 2.24) is 0 Å². The molecular weight excluding hydrogens is 594 g/mol. The molecule has 0 aliphatic heterocycles. The highest BCUT2D eigenvalue weighted by Gasteiger charge is 2.35. The lowest BCUT2D eigenvalue weighted by Gasteiger charge is -2.14. The fourth-order valence-corrected chi connectivity index (χ4v) is 6.32. The van der Waals surface area contributed by atoms with Crippen LogP contribution in [0, 0.1) is 34.3 Å². The molecule has 4 heteroatoms. The topological polar surface area (TPSA) is 47.6 Å². The van der Waals surface area contributed by atoms with Crippen molar-refractivity contribution in [2.24, 2.45) is 0 Å². The van der Waals surface area contributed by atoms with Gasteiger partial charge in [-0.1, -0.05) is 133 Å². The Labute approximate surface area is 278 Å². The van der Waals surface area contributed by atoms with Gasteiger partial charge in [0.1, 0.15) is 29.3 Å². The van der Waals surface area contributed by atoms with E-state index in [9.17, 15) is 19.3 Å². The maximum Gasteiger partial charge on any atom is 0.138 e. The fourth-order valence-electron chi connectivity index (χ4n) is 6.32. The van der Waals surface area contributed by atoms with Gasteiger partial charge >= 0.3 is 0 Å². The molecule has 7 rings (SSSR count). The number of rotatable bonds is 6. The highest BCUT2D eigenvalue weighted by atomic mass is 19.1. The van der Waals surface area contributed by atoms with E-state index in [1.54, 1.807) is 24.3 Å².